The smallest absolute Gasteiger partial charge is 0.118 e. The second kappa shape index (κ2) is 12.9. The van der Waals surface area contributed by atoms with Crippen LogP contribution in [0.5, 0.6) is 11.5 Å². The van der Waals surface area contributed by atoms with Crippen molar-refractivity contribution in [1.29, 1.82) is 0 Å². The van der Waals surface area contributed by atoms with Gasteiger partial charge in [-0.15, -0.1) is 0 Å². The highest BCUT2D eigenvalue weighted by Gasteiger charge is 2.12. The first-order chi connectivity index (χ1) is 20.0. The van der Waals surface area contributed by atoms with Crippen LogP contribution in [0.2, 0.25) is 0 Å². The van der Waals surface area contributed by atoms with E-state index in [0.717, 1.165) is 50.8 Å². The summed E-state index contributed by atoms with van der Waals surface area (Å²) in [6.45, 7) is 4.23. The Morgan fingerprint density at radius 1 is 0.512 bits per heavy atom. The van der Waals surface area contributed by atoms with Gasteiger partial charge in [0.15, 0.2) is 0 Å². The summed E-state index contributed by atoms with van der Waals surface area (Å²) in [7, 11) is 3.37. The van der Waals surface area contributed by atoms with Crippen molar-refractivity contribution in [3.8, 4) is 11.5 Å². The Morgan fingerprint density at radius 3 is 1.29 bits per heavy atom. The Kier molecular flexibility index (Phi) is 8.66. The lowest BCUT2D eigenvalue weighted by molar-refractivity contribution is 0.414. The van der Waals surface area contributed by atoms with E-state index in [1.807, 2.05) is 24.3 Å². The summed E-state index contributed by atoms with van der Waals surface area (Å²) in [6.07, 6.45) is 6.40. The molecule has 0 fully saturated rings. The van der Waals surface area contributed by atoms with Gasteiger partial charge in [0.25, 0.3) is 0 Å². The van der Waals surface area contributed by atoms with E-state index in [1.165, 1.54) is 11.1 Å². The minimum absolute atomic E-state index is 0.837. The first-order valence-corrected chi connectivity index (χ1v) is 13.7. The van der Waals surface area contributed by atoms with E-state index in [2.05, 4.69) is 134 Å². The van der Waals surface area contributed by atoms with Gasteiger partial charge in [0, 0.05) is 17.1 Å². The van der Waals surface area contributed by atoms with E-state index in [0.29, 0.717) is 0 Å². The van der Waals surface area contributed by atoms with Crippen molar-refractivity contribution in [1.82, 2.24) is 0 Å². The second-order valence-corrected chi connectivity index (χ2v) is 9.99. The number of benzene rings is 5. The molecule has 0 saturated heterocycles. The maximum atomic E-state index is 5.36. The summed E-state index contributed by atoms with van der Waals surface area (Å²) >= 11 is 0. The van der Waals surface area contributed by atoms with Gasteiger partial charge in [-0.2, -0.15) is 0 Å². The van der Waals surface area contributed by atoms with E-state index in [9.17, 15) is 0 Å². The number of hydrogen-bond donors (Lipinski definition) is 0. The zero-order valence-corrected chi connectivity index (χ0v) is 24.0. The third-order valence-corrected chi connectivity index (χ3v) is 7.09. The number of hydrogen-bond acceptors (Lipinski definition) is 3. The van der Waals surface area contributed by atoms with Crippen LogP contribution in [-0.4, -0.2) is 14.2 Å². The van der Waals surface area contributed by atoms with Crippen molar-refractivity contribution in [2.45, 2.75) is 13.8 Å². The Balaban J connectivity index is 1.44. The number of ether oxygens (including phenoxy) is 2. The lowest BCUT2D eigenvalue weighted by Gasteiger charge is -2.25. The molecule has 0 amide bonds. The molecule has 0 radical (unpaired) electrons. The highest BCUT2D eigenvalue weighted by atomic mass is 16.5. The number of nitrogens with zero attached hydrogens (tertiary/aromatic N) is 1. The number of rotatable bonds is 9. The van der Waals surface area contributed by atoms with Gasteiger partial charge in [0.1, 0.15) is 11.5 Å². The molecule has 5 aromatic carbocycles. The molecule has 0 aliphatic rings. The fourth-order valence-corrected chi connectivity index (χ4v) is 4.73. The summed E-state index contributed by atoms with van der Waals surface area (Å²) in [5.41, 5.74) is 10.3. The minimum atomic E-state index is 0.837. The van der Waals surface area contributed by atoms with Gasteiger partial charge in [-0.3, -0.25) is 0 Å². The van der Waals surface area contributed by atoms with Crippen LogP contribution >= 0.6 is 0 Å². The second-order valence-electron chi connectivity index (χ2n) is 9.99. The van der Waals surface area contributed by atoms with E-state index < -0.39 is 0 Å². The minimum Gasteiger partial charge on any atom is -0.497 e. The third-order valence-electron chi connectivity index (χ3n) is 7.09. The van der Waals surface area contributed by atoms with Gasteiger partial charge in [0.05, 0.1) is 14.2 Å². The van der Waals surface area contributed by atoms with Crippen molar-refractivity contribution < 1.29 is 9.47 Å². The molecular formula is C38H35NO2. The van der Waals surface area contributed by atoms with Crippen LogP contribution < -0.4 is 14.4 Å². The standard InChI is InChI=1S/C38H35NO2/c1-28-8-18-33(19-9-28)39(34-20-10-29(2)11-21-34)35-22-12-30(13-23-35)6-5-7-38(31-14-24-36(40-3)25-15-31)32-16-26-37(41-4)27-17-32/h5-27H,1-4H3/b6-5+. The number of methoxy groups -OCH3 is 2. The normalized spacial score (nSPS) is 10.8. The number of anilines is 3. The molecule has 0 saturated carbocycles. The fourth-order valence-electron chi connectivity index (χ4n) is 4.73. The average molecular weight is 538 g/mol. The van der Waals surface area contributed by atoms with Gasteiger partial charge in [-0.05, 0) is 96.8 Å². The van der Waals surface area contributed by atoms with Gasteiger partial charge >= 0.3 is 0 Å². The summed E-state index contributed by atoms with van der Waals surface area (Å²) < 4.78 is 10.7. The first kappa shape index (κ1) is 27.5. The molecule has 204 valence electrons. The topological polar surface area (TPSA) is 21.7 Å². The van der Waals surface area contributed by atoms with Crippen molar-refractivity contribution in [2.75, 3.05) is 19.1 Å². The molecule has 0 unspecified atom stereocenters. The maximum absolute atomic E-state index is 5.36. The molecule has 0 spiro atoms. The predicted octanol–water partition coefficient (Wildman–Crippen LogP) is 9.94. The van der Waals surface area contributed by atoms with Crippen LogP contribution in [0.3, 0.4) is 0 Å². The molecule has 5 aromatic rings. The van der Waals surface area contributed by atoms with Gasteiger partial charge in [-0.25, -0.2) is 0 Å². The molecule has 0 aliphatic heterocycles. The molecule has 0 aliphatic carbocycles. The molecule has 0 atom stereocenters. The Morgan fingerprint density at radius 2 is 0.902 bits per heavy atom. The van der Waals surface area contributed by atoms with Crippen LogP contribution in [-0.2, 0) is 0 Å². The highest BCUT2D eigenvalue weighted by molar-refractivity contribution is 5.82. The molecule has 3 nitrogen and oxygen atoms in total. The molecule has 0 heterocycles. The molecule has 0 aromatic heterocycles. The summed E-state index contributed by atoms with van der Waals surface area (Å²) in [5, 5.41) is 0. The SMILES string of the molecule is COc1ccc(C(=C/C=C/c2ccc(N(c3ccc(C)cc3)c3ccc(C)cc3)cc2)c2ccc(OC)cc2)cc1. The van der Waals surface area contributed by atoms with Crippen LogP contribution in [0, 0.1) is 13.8 Å². The van der Waals surface area contributed by atoms with E-state index in [1.54, 1.807) is 14.2 Å². The van der Waals surface area contributed by atoms with Gasteiger partial charge in [0.2, 0.25) is 0 Å². The van der Waals surface area contributed by atoms with Crippen molar-refractivity contribution >= 4 is 28.7 Å². The van der Waals surface area contributed by atoms with Gasteiger partial charge in [-0.1, -0.05) is 90.0 Å². The quantitative estimate of drug-likeness (QED) is 0.175. The Labute approximate surface area is 243 Å². The summed E-state index contributed by atoms with van der Waals surface area (Å²) in [4.78, 5) is 2.29. The molecule has 3 heteroatoms. The van der Waals surface area contributed by atoms with Gasteiger partial charge < -0.3 is 14.4 Å². The van der Waals surface area contributed by atoms with Crippen molar-refractivity contribution in [3.05, 3.63) is 161 Å². The molecule has 0 N–H and O–H groups in total. The zero-order chi connectivity index (χ0) is 28.6. The molecule has 0 bridgehead atoms. The predicted molar refractivity (Wildman–Crippen MR) is 173 cm³/mol. The van der Waals surface area contributed by atoms with Crippen LogP contribution in [0.15, 0.2) is 133 Å². The van der Waals surface area contributed by atoms with Crippen LogP contribution in [0.1, 0.15) is 27.8 Å². The zero-order valence-electron chi connectivity index (χ0n) is 24.0. The third kappa shape index (κ3) is 6.77. The number of aryl methyl sites for hydroxylation is 2. The Hall–Kier alpha value is -5.02. The number of allylic oxidation sites excluding steroid dienone is 2. The van der Waals surface area contributed by atoms with Crippen LogP contribution in [0.4, 0.5) is 17.1 Å². The lowest BCUT2D eigenvalue weighted by atomic mass is 9.97. The van der Waals surface area contributed by atoms with E-state index in [-0.39, 0.29) is 0 Å². The van der Waals surface area contributed by atoms with Crippen molar-refractivity contribution in [2.24, 2.45) is 0 Å². The first-order valence-electron chi connectivity index (χ1n) is 13.7. The average Bonchev–Trinajstić information content (AvgIpc) is 3.02. The largest absolute Gasteiger partial charge is 0.497 e. The van der Waals surface area contributed by atoms with Crippen molar-refractivity contribution in [3.63, 3.8) is 0 Å². The van der Waals surface area contributed by atoms with E-state index >= 15 is 0 Å². The van der Waals surface area contributed by atoms with E-state index in [4.69, 9.17) is 9.47 Å². The summed E-state index contributed by atoms with van der Waals surface area (Å²) in [5.74, 6) is 1.67. The lowest BCUT2D eigenvalue weighted by Crippen LogP contribution is -2.09. The maximum Gasteiger partial charge on any atom is 0.118 e. The molecule has 41 heavy (non-hydrogen) atoms. The molecule has 5 rings (SSSR count). The van der Waals surface area contributed by atoms with Crippen LogP contribution in [0.25, 0.3) is 11.6 Å². The monoisotopic (exact) mass is 537 g/mol. The molecular weight excluding hydrogens is 502 g/mol. The highest BCUT2D eigenvalue weighted by Crippen LogP contribution is 2.35. The Bertz CT molecular complexity index is 1520. The summed E-state index contributed by atoms with van der Waals surface area (Å²) in [6, 6.07) is 42.3. The fraction of sp³-hybridized carbons (Fsp3) is 0.105.